The summed E-state index contributed by atoms with van der Waals surface area (Å²) in [4.78, 5) is 7.06. The second-order valence-corrected chi connectivity index (χ2v) is 5.94. The maximum absolute atomic E-state index is 4.58. The van der Waals surface area contributed by atoms with E-state index in [1.807, 2.05) is 0 Å². The highest BCUT2D eigenvalue weighted by Gasteiger charge is 2.04. The molecule has 1 rings (SSSR count). The molecule has 0 saturated heterocycles. The first-order chi connectivity index (χ1) is 9.61. The summed E-state index contributed by atoms with van der Waals surface area (Å²) >= 11 is 0. The number of pyridine rings is 1. The first kappa shape index (κ1) is 17.1. The molecule has 0 bridgehead atoms. The Morgan fingerprint density at radius 2 is 2.05 bits per heavy atom. The maximum Gasteiger partial charge on any atom is 0.0547 e. The number of unbranched alkanes of at least 4 members (excludes halogenated alkanes) is 1. The Labute approximate surface area is 124 Å². The minimum atomic E-state index is 0.745. The van der Waals surface area contributed by atoms with Gasteiger partial charge in [0.1, 0.15) is 0 Å². The molecule has 1 aromatic rings. The van der Waals surface area contributed by atoms with Crippen LogP contribution in [0.25, 0.3) is 0 Å². The Morgan fingerprint density at radius 1 is 1.25 bits per heavy atom. The number of aryl methyl sites for hydroxylation is 1. The van der Waals surface area contributed by atoms with Crippen LogP contribution >= 0.6 is 0 Å². The van der Waals surface area contributed by atoms with Gasteiger partial charge in [-0.05, 0) is 64.0 Å². The summed E-state index contributed by atoms with van der Waals surface area (Å²) in [5.74, 6) is 0.745. The van der Waals surface area contributed by atoms with E-state index >= 15 is 0 Å². The summed E-state index contributed by atoms with van der Waals surface area (Å²) in [6.45, 7) is 14.3. The lowest BCUT2D eigenvalue weighted by Crippen LogP contribution is -2.26. The number of nitrogens with zero attached hydrogens (tertiary/aromatic N) is 2. The second kappa shape index (κ2) is 9.89. The van der Waals surface area contributed by atoms with Crippen LogP contribution in [0.3, 0.4) is 0 Å². The largest absolute Gasteiger partial charge is 0.316 e. The molecule has 0 aliphatic heterocycles. The van der Waals surface area contributed by atoms with E-state index in [0.717, 1.165) is 44.3 Å². The smallest absolute Gasteiger partial charge is 0.0547 e. The van der Waals surface area contributed by atoms with Gasteiger partial charge in [0.25, 0.3) is 0 Å². The molecular formula is C17H31N3. The predicted molar refractivity (Wildman–Crippen MR) is 86.9 cm³/mol. The van der Waals surface area contributed by atoms with Crippen molar-refractivity contribution < 1.29 is 0 Å². The van der Waals surface area contributed by atoms with E-state index in [1.54, 1.807) is 0 Å². The van der Waals surface area contributed by atoms with Gasteiger partial charge in [0.2, 0.25) is 0 Å². The standard InChI is InChI=1S/C17H31N3/c1-5-20(12-7-6-11-18-13-15(2)3)14-17-10-8-9-16(4)19-17/h8-10,15,18H,5-7,11-14H2,1-4H3. The fourth-order valence-corrected chi connectivity index (χ4v) is 2.24. The molecule has 0 aromatic carbocycles. The highest BCUT2D eigenvalue weighted by Crippen LogP contribution is 2.04. The van der Waals surface area contributed by atoms with Crippen molar-refractivity contribution in [1.82, 2.24) is 15.2 Å². The monoisotopic (exact) mass is 277 g/mol. The van der Waals surface area contributed by atoms with Crippen molar-refractivity contribution in [3.05, 3.63) is 29.6 Å². The molecule has 114 valence electrons. The molecule has 1 heterocycles. The summed E-state index contributed by atoms with van der Waals surface area (Å²) in [6, 6.07) is 6.28. The summed E-state index contributed by atoms with van der Waals surface area (Å²) in [5, 5.41) is 3.50. The molecule has 0 unspecified atom stereocenters. The number of nitrogens with one attached hydrogen (secondary N) is 1. The van der Waals surface area contributed by atoms with Gasteiger partial charge in [0.15, 0.2) is 0 Å². The zero-order chi connectivity index (χ0) is 14.8. The fraction of sp³-hybridized carbons (Fsp3) is 0.706. The van der Waals surface area contributed by atoms with Crippen LogP contribution in [0.15, 0.2) is 18.2 Å². The zero-order valence-electron chi connectivity index (χ0n) is 13.7. The average Bonchev–Trinajstić information content (AvgIpc) is 2.41. The van der Waals surface area contributed by atoms with Gasteiger partial charge in [-0.3, -0.25) is 9.88 Å². The number of rotatable bonds is 10. The molecule has 0 saturated carbocycles. The van der Waals surface area contributed by atoms with Crippen LogP contribution in [0.1, 0.15) is 45.0 Å². The number of hydrogen-bond acceptors (Lipinski definition) is 3. The van der Waals surface area contributed by atoms with Gasteiger partial charge in [-0.25, -0.2) is 0 Å². The SMILES string of the molecule is CCN(CCCCNCC(C)C)Cc1cccc(C)n1. The van der Waals surface area contributed by atoms with Crippen LogP contribution in [0.4, 0.5) is 0 Å². The van der Waals surface area contributed by atoms with Crippen molar-refractivity contribution in [2.75, 3.05) is 26.2 Å². The van der Waals surface area contributed by atoms with Gasteiger partial charge < -0.3 is 5.32 Å². The quantitative estimate of drug-likeness (QED) is 0.666. The van der Waals surface area contributed by atoms with Crippen molar-refractivity contribution in [3.63, 3.8) is 0 Å². The van der Waals surface area contributed by atoms with Crippen molar-refractivity contribution in [2.24, 2.45) is 5.92 Å². The van der Waals surface area contributed by atoms with Gasteiger partial charge in [-0.2, -0.15) is 0 Å². The first-order valence-electron chi connectivity index (χ1n) is 7.97. The lowest BCUT2D eigenvalue weighted by molar-refractivity contribution is 0.270. The Kier molecular flexibility index (Phi) is 8.47. The molecule has 1 N–H and O–H groups in total. The molecule has 0 fully saturated rings. The maximum atomic E-state index is 4.58. The van der Waals surface area contributed by atoms with E-state index in [9.17, 15) is 0 Å². The molecule has 1 aromatic heterocycles. The van der Waals surface area contributed by atoms with Crippen LogP contribution in [0, 0.1) is 12.8 Å². The molecule has 20 heavy (non-hydrogen) atoms. The van der Waals surface area contributed by atoms with Gasteiger partial charge >= 0.3 is 0 Å². The molecule has 0 atom stereocenters. The van der Waals surface area contributed by atoms with E-state index in [4.69, 9.17) is 0 Å². The highest BCUT2D eigenvalue weighted by molar-refractivity contribution is 5.09. The third kappa shape index (κ3) is 7.61. The molecule has 0 aliphatic carbocycles. The van der Waals surface area contributed by atoms with Gasteiger partial charge in [-0.1, -0.05) is 26.8 Å². The van der Waals surface area contributed by atoms with Crippen LogP contribution in [0.2, 0.25) is 0 Å². The molecule has 0 radical (unpaired) electrons. The van der Waals surface area contributed by atoms with E-state index < -0.39 is 0 Å². The minimum absolute atomic E-state index is 0.745. The van der Waals surface area contributed by atoms with Crippen LogP contribution in [-0.4, -0.2) is 36.1 Å². The van der Waals surface area contributed by atoms with E-state index in [0.29, 0.717) is 0 Å². The number of hydrogen-bond donors (Lipinski definition) is 1. The number of aromatic nitrogens is 1. The van der Waals surface area contributed by atoms with E-state index in [-0.39, 0.29) is 0 Å². The van der Waals surface area contributed by atoms with Gasteiger partial charge in [0, 0.05) is 12.2 Å². The van der Waals surface area contributed by atoms with Crippen molar-refractivity contribution >= 4 is 0 Å². The predicted octanol–water partition coefficient (Wildman–Crippen LogP) is 3.24. The van der Waals surface area contributed by atoms with Gasteiger partial charge in [-0.15, -0.1) is 0 Å². The summed E-state index contributed by atoms with van der Waals surface area (Å²) in [6.07, 6.45) is 2.51. The lowest BCUT2D eigenvalue weighted by Gasteiger charge is -2.20. The summed E-state index contributed by atoms with van der Waals surface area (Å²) in [7, 11) is 0. The van der Waals surface area contributed by atoms with Crippen LogP contribution in [-0.2, 0) is 6.54 Å². The van der Waals surface area contributed by atoms with E-state index in [2.05, 4.69) is 61.1 Å². The Balaban J connectivity index is 2.19. The Hall–Kier alpha value is -0.930. The Morgan fingerprint density at radius 3 is 2.70 bits per heavy atom. The van der Waals surface area contributed by atoms with E-state index in [1.165, 1.54) is 18.5 Å². The molecule has 3 nitrogen and oxygen atoms in total. The summed E-state index contributed by atoms with van der Waals surface area (Å²) < 4.78 is 0. The Bertz CT molecular complexity index is 363. The van der Waals surface area contributed by atoms with Crippen LogP contribution in [0.5, 0.6) is 0 Å². The fourth-order valence-electron chi connectivity index (χ4n) is 2.24. The topological polar surface area (TPSA) is 28.2 Å². The zero-order valence-corrected chi connectivity index (χ0v) is 13.7. The molecule has 0 spiro atoms. The summed E-state index contributed by atoms with van der Waals surface area (Å²) in [5.41, 5.74) is 2.29. The highest BCUT2D eigenvalue weighted by atomic mass is 15.1. The van der Waals surface area contributed by atoms with Crippen molar-refractivity contribution in [2.45, 2.75) is 47.1 Å². The van der Waals surface area contributed by atoms with Crippen molar-refractivity contribution in [1.29, 1.82) is 0 Å². The first-order valence-corrected chi connectivity index (χ1v) is 7.97. The normalized spacial score (nSPS) is 11.5. The third-order valence-corrected chi connectivity index (χ3v) is 3.41. The molecule has 0 aliphatic rings. The van der Waals surface area contributed by atoms with Crippen LogP contribution < -0.4 is 5.32 Å². The van der Waals surface area contributed by atoms with Crippen molar-refractivity contribution in [3.8, 4) is 0 Å². The third-order valence-electron chi connectivity index (χ3n) is 3.41. The molecule has 0 amide bonds. The molecule has 3 heteroatoms. The minimum Gasteiger partial charge on any atom is -0.316 e. The average molecular weight is 277 g/mol. The lowest BCUT2D eigenvalue weighted by atomic mass is 10.2. The molecular weight excluding hydrogens is 246 g/mol. The van der Waals surface area contributed by atoms with Gasteiger partial charge in [0.05, 0.1) is 5.69 Å². The second-order valence-electron chi connectivity index (χ2n) is 5.94.